The molecule has 132 valence electrons. The van der Waals surface area contributed by atoms with Gasteiger partial charge in [-0.3, -0.25) is 9.69 Å². The highest BCUT2D eigenvalue weighted by atomic mass is 79.9. The normalized spacial score (nSPS) is 10.4. The van der Waals surface area contributed by atoms with Gasteiger partial charge in [0.05, 0.1) is 12.2 Å². The molecule has 0 bridgehead atoms. The third-order valence-electron chi connectivity index (χ3n) is 3.87. The summed E-state index contributed by atoms with van der Waals surface area (Å²) >= 11 is 3.32. The van der Waals surface area contributed by atoms with Crippen molar-refractivity contribution in [3.8, 4) is 5.75 Å². The first kappa shape index (κ1) is 17.9. The van der Waals surface area contributed by atoms with Crippen molar-refractivity contribution >= 4 is 27.7 Å². The predicted molar refractivity (Wildman–Crippen MR) is 105 cm³/mol. The molecule has 6 heteroatoms. The van der Waals surface area contributed by atoms with Crippen molar-refractivity contribution in [1.82, 2.24) is 4.57 Å². The maximum Gasteiger partial charge on any atom is 0.419 e. The highest BCUT2D eigenvalue weighted by Gasteiger charge is 2.18. The molecule has 0 unspecified atom stereocenters. The number of anilines is 1. The van der Waals surface area contributed by atoms with Crippen LogP contribution >= 0.6 is 15.9 Å². The van der Waals surface area contributed by atoms with Crippen LogP contribution < -0.4 is 15.2 Å². The number of halogens is 1. The number of para-hydroxylation sites is 1. The first-order valence-corrected chi connectivity index (χ1v) is 8.79. The summed E-state index contributed by atoms with van der Waals surface area (Å²) in [4.78, 5) is 26.2. The van der Waals surface area contributed by atoms with Crippen LogP contribution in [0.25, 0.3) is 0 Å². The second kappa shape index (κ2) is 8.01. The molecule has 0 aliphatic rings. The van der Waals surface area contributed by atoms with Gasteiger partial charge in [-0.1, -0.05) is 48.5 Å². The molecule has 1 heterocycles. The van der Waals surface area contributed by atoms with E-state index in [1.165, 1.54) is 4.90 Å². The van der Waals surface area contributed by atoms with Gasteiger partial charge >= 0.3 is 6.09 Å². The summed E-state index contributed by atoms with van der Waals surface area (Å²) in [6, 6.07) is 20.2. The standard InChI is InChI=1S/C20H17BrN2O3/c1-22(20(25)26-16-10-6-3-7-11-16)17-12-13-23(19(24)18(17)21)14-15-8-4-2-5-9-15/h2-13H,14H2,1H3. The van der Waals surface area contributed by atoms with Gasteiger partial charge in [0, 0.05) is 13.2 Å². The Labute approximate surface area is 159 Å². The number of aromatic nitrogens is 1. The number of carbonyl (C=O) groups is 1. The molecule has 0 spiro atoms. The summed E-state index contributed by atoms with van der Waals surface area (Å²) in [7, 11) is 1.56. The Hall–Kier alpha value is -2.86. The lowest BCUT2D eigenvalue weighted by atomic mass is 10.2. The van der Waals surface area contributed by atoms with E-state index in [1.54, 1.807) is 48.1 Å². The van der Waals surface area contributed by atoms with Crippen molar-refractivity contribution < 1.29 is 9.53 Å². The first-order valence-electron chi connectivity index (χ1n) is 7.99. The zero-order valence-corrected chi connectivity index (χ0v) is 15.7. The van der Waals surface area contributed by atoms with Crippen LogP contribution in [0.15, 0.2) is 82.2 Å². The van der Waals surface area contributed by atoms with Crippen LogP contribution in [0, 0.1) is 0 Å². The van der Waals surface area contributed by atoms with Crippen LogP contribution in [0.3, 0.4) is 0 Å². The Bertz CT molecular complexity index is 956. The van der Waals surface area contributed by atoms with Crippen molar-refractivity contribution in [2.75, 3.05) is 11.9 Å². The molecular formula is C20H17BrN2O3. The van der Waals surface area contributed by atoms with Gasteiger partial charge in [-0.2, -0.15) is 0 Å². The van der Waals surface area contributed by atoms with Gasteiger partial charge < -0.3 is 9.30 Å². The maximum absolute atomic E-state index is 12.6. The Morgan fingerprint density at radius 1 is 1.04 bits per heavy atom. The van der Waals surface area contributed by atoms with E-state index >= 15 is 0 Å². The number of ether oxygens (including phenoxy) is 1. The van der Waals surface area contributed by atoms with E-state index in [-0.39, 0.29) is 5.56 Å². The number of amides is 1. The fraction of sp³-hybridized carbons (Fsp3) is 0.100. The van der Waals surface area contributed by atoms with Gasteiger partial charge in [-0.05, 0) is 39.7 Å². The van der Waals surface area contributed by atoms with E-state index in [0.717, 1.165) is 5.56 Å². The molecule has 0 saturated carbocycles. The number of rotatable bonds is 4. The molecule has 0 fully saturated rings. The SMILES string of the molecule is CN(C(=O)Oc1ccccc1)c1ccn(Cc2ccccc2)c(=O)c1Br. The Morgan fingerprint density at radius 2 is 1.65 bits per heavy atom. The van der Waals surface area contributed by atoms with Crippen LogP contribution in [0.5, 0.6) is 5.75 Å². The average molecular weight is 413 g/mol. The second-order valence-electron chi connectivity index (χ2n) is 5.67. The zero-order chi connectivity index (χ0) is 18.5. The van der Waals surface area contributed by atoms with Crippen molar-refractivity contribution in [2.24, 2.45) is 0 Å². The lowest BCUT2D eigenvalue weighted by molar-refractivity contribution is 0.209. The molecule has 1 aromatic heterocycles. The topological polar surface area (TPSA) is 51.5 Å². The predicted octanol–water partition coefficient (Wildman–Crippen LogP) is 4.29. The fourth-order valence-corrected chi connectivity index (χ4v) is 3.08. The van der Waals surface area contributed by atoms with Gasteiger partial charge in [0.25, 0.3) is 5.56 Å². The molecule has 3 rings (SSSR count). The molecule has 0 aliphatic heterocycles. The van der Waals surface area contributed by atoms with E-state index in [1.807, 2.05) is 36.4 Å². The molecule has 2 aromatic carbocycles. The molecule has 0 radical (unpaired) electrons. The summed E-state index contributed by atoms with van der Waals surface area (Å²) in [5, 5.41) is 0. The lowest BCUT2D eigenvalue weighted by Gasteiger charge is -2.19. The van der Waals surface area contributed by atoms with E-state index in [9.17, 15) is 9.59 Å². The summed E-state index contributed by atoms with van der Waals surface area (Å²) in [6.45, 7) is 0.455. The minimum atomic E-state index is -0.572. The zero-order valence-electron chi connectivity index (χ0n) is 14.1. The average Bonchev–Trinajstić information content (AvgIpc) is 2.67. The minimum absolute atomic E-state index is 0.217. The van der Waals surface area contributed by atoms with Gasteiger partial charge in [0.1, 0.15) is 10.2 Å². The van der Waals surface area contributed by atoms with Crippen LogP contribution in [-0.4, -0.2) is 17.7 Å². The van der Waals surface area contributed by atoms with Crippen molar-refractivity contribution in [1.29, 1.82) is 0 Å². The third kappa shape index (κ3) is 4.03. The van der Waals surface area contributed by atoms with Gasteiger partial charge in [0.2, 0.25) is 0 Å². The van der Waals surface area contributed by atoms with Crippen LogP contribution in [0.2, 0.25) is 0 Å². The largest absolute Gasteiger partial charge is 0.419 e. The van der Waals surface area contributed by atoms with E-state index < -0.39 is 6.09 Å². The summed E-state index contributed by atoms with van der Waals surface area (Å²) < 4.78 is 7.20. The molecule has 26 heavy (non-hydrogen) atoms. The lowest BCUT2D eigenvalue weighted by Crippen LogP contribution is -2.32. The Kier molecular flexibility index (Phi) is 5.53. The number of hydrogen-bond donors (Lipinski definition) is 0. The van der Waals surface area contributed by atoms with Gasteiger partial charge in [-0.25, -0.2) is 4.79 Å². The maximum atomic E-state index is 12.6. The smallest absolute Gasteiger partial charge is 0.410 e. The van der Waals surface area contributed by atoms with E-state index in [0.29, 0.717) is 22.5 Å². The second-order valence-corrected chi connectivity index (χ2v) is 6.47. The number of carbonyl (C=O) groups excluding carboxylic acids is 1. The van der Waals surface area contributed by atoms with Crippen LogP contribution in [0.4, 0.5) is 10.5 Å². The number of hydrogen-bond acceptors (Lipinski definition) is 3. The van der Waals surface area contributed by atoms with Gasteiger partial charge in [0.15, 0.2) is 0 Å². The highest BCUT2D eigenvalue weighted by Crippen LogP contribution is 2.23. The first-order chi connectivity index (χ1) is 12.6. The molecule has 3 aromatic rings. The Balaban J connectivity index is 1.81. The summed E-state index contributed by atoms with van der Waals surface area (Å²) in [5.41, 5.74) is 1.25. The molecule has 5 nitrogen and oxygen atoms in total. The van der Waals surface area contributed by atoms with E-state index in [4.69, 9.17) is 4.74 Å². The molecule has 0 saturated heterocycles. The molecule has 0 aliphatic carbocycles. The Morgan fingerprint density at radius 3 is 2.31 bits per heavy atom. The number of benzene rings is 2. The molecule has 0 N–H and O–H groups in total. The monoisotopic (exact) mass is 412 g/mol. The van der Waals surface area contributed by atoms with Crippen molar-refractivity contribution in [3.63, 3.8) is 0 Å². The quantitative estimate of drug-likeness (QED) is 0.641. The molecule has 0 atom stereocenters. The summed E-state index contributed by atoms with van der Waals surface area (Å²) in [5.74, 6) is 0.442. The van der Waals surface area contributed by atoms with Crippen LogP contribution in [-0.2, 0) is 6.54 Å². The van der Waals surface area contributed by atoms with Gasteiger partial charge in [-0.15, -0.1) is 0 Å². The number of nitrogens with zero attached hydrogens (tertiary/aromatic N) is 2. The molecular weight excluding hydrogens is 396 g/mol. The minimum Gasteiger partial charge on any atom is -0.410 e. The fourth-order valence-electron chi connectivity index (χ4n) is 2.46. The summed E-state index contributed by atoms with van der Waals surface area (Å²) in [6.07, 6.45) is 1.10. The highest BCUT2D eigenvalue weighted by molar-refractivity contribution is 9.10. The third-order valence-corrected chi connectivity index (χ3v) is 4.61. The molecule has 1 amide bonds. The van der Waals surface area contributed by atoms with Crippen LogP contribution in [0.1, 0.15) is 5.56 Å². The van der Waals surface area contributed by atoms with Crippen molar-refractivity contribution in [2.45, 2.75) is 6.54 Å². The van der Waals surface area contributed by atoms with Crippen molar-refractivity contribution in [3.05, 3.63) is 93.3 Å². The van der Waals surface area contributed by atoms with E-state index in [2.05, 4.69) is 15.9 Å². The number of pyridine rings is 1.